The minimum Gasteiger partial charge on any atom is -0.444 e. The van der Waals surface area contributed by atoms with E-state index in [2.05, 4.69) is 51.4 Å². The Morgan fingerprint density at radius 3 is 1.35 bits per heavy atom. The van der Waals surface area contributed by atoms with Crippen LogP contribution in [0.2, 0.25) is 0 Å². The van der Waals surface area contributed by atoms with Gasteiger partial charge in [-0.25, -0.2) is 19.6 Å². The van der Waals surface area contributed by atoms with Gasteiger partial charge in [0.05, 0.1) is 36.6 Å². The van der Waals surface area contributed by atoms with Gasteiger partial charge in [-0.3, -0.25) is 39.6 Å². The normalized spacial score (nSPS) is 14.0. The van der Waals surface area contributed by atoms with Crippen molar-refractivity contribution in [1.29, 1.82) is 0 Å². The molecule has 0 bridgehead atoms. The summed E-state index contributed by atoms with van der Waals surface area (Å²) < 4.78 is 15.1. The molecule has 6 atom stereocenters. The van der Waals surface area contributed by atoms with Gasteiger partial charge in [0.2, 0.25) is 0 Å². The summed E-state index contributed by atoms with van der Waals surface area (Å²) in [6.07, 6.45) is 12.3. The van der Waals surface area contributed by atoms with Crippen LogP contribution in [0.3, 0.4) is 0 Å². The van der Waals surface area contributed by atoms with Crippen LogP contribution in [0.1, 0.15) is 93.9 Å². The van der Waals surface area contributed by atoms with Crippen LogP contribution in [-0.2, 0) is 32.2 Å². The summed E-state index contributed by atoms with van der Waals surface area (Å²) in [5, 5.41) is 45.3. The summed E-state index contributed by atoms with van der Waals surface area (Å²) in [6, 6.07) is 9.71. The maximum atomic E-state index is 12.9. The average molecular weight is 1030 g/mol. The number of carbonyl (C=O) groups is 4. The summed E-state index contributed by atoms with van der Waals surface area (Å²) in [5.41, 5.74) is 2.55. The van der Waals surface area contributed by atoms with Crippen LogP contribution < -0.4 is 21.3 Å². The first-order chi connectivity index (χ1) is 34.3. The van der Waals surface area contributed by atoms with Crippen molar-refractivity contribution in [2.45, 2.75) is 144 Å². The van der Waals surface area contributed by atoms with Crippen LogP contribution in [0.4, 0.5) is 19.9 Å². The van der Waals surface area contributed by atoms with Crippen molar-refractivity contribution < 1.29 is 38.9 Å². The molecule has 72 heavy (non-hydrogen) atoms. The number of thiazole rings is 2. The van der Waals surface area contributed by atoms with E-state index in [1.54, 1.807) is 57.3 Å². The highest BCUT2D eigenvalue weighted by molar-refractivity contribution is 7.14. The fourth-order valence-electron chi connectivity index (χ4n) is 6.97. The largest absolute Gasteiger partial charge is 0.444 e. The molecule has 6 aromatic rings. The molecule has 6 heterocycles. The predicted octanol–water partition coefficient (Wildman–Crippen LogP) is 8.20. The topological polar surface area (TPSA) is 263 Å². The van der Waals surface area contributed by atoms with E-state index in [4.69, 9.17) is 9.47 Å². The van der Waals surface area contributed by atoms with Crippen molar-refractivity contribution >= 4 is 56.9 Å². The van der Waals surface area contributed by atoms with Gasteiger partial charge in [-0.15, -0.1) is 22.7 Å². The second kappa shape index (κ2) is 27.3. The fraction of sp³-hybridized carbons (Fsp3) is 0.480. The molecular weight excluding hydrogens is 961 g/mol. The van der Waals surface area contributed by atoms with E-state index in [0.29, 0.717) is 36.2 Å². The molecule has 0 unspecified atom stereocenters. The third-order valence-corrected chi connectivity index (χ3v) is 12.7. The molecule has 20 nitrogen and oxygen atoms in total. The maximum absolute atomic E-state index is 12.9. The number of aromatic nitrogens is 8. The maximum Gasteiger partial charge on any atom is 0.407 e. The van der Waals surface area contributed by atoms with E-state index >= 15 is 0 Å². The lowest BCUT2D eigenvalue weighted by atomic mass is 9.89. The van der Waals surface area contributed by atoms with E-state index in [1.165, 1.54) is 22.7 Å². The van der Waals surface area contributed by atoms with Crippen molar-refractivity contribution in [3.63, 3.8) is 0 Å². The quantitative estimate of drug-likeness (QED) is 0.0375. The standard InChI is InChI=1S/2C25H34N6O4S/c2*1-5-6-9-19(21(32)22(33)29-23-27-12-14-36-23)28-24(34)35-20(25(2,3)4)16-31-13-10-18(30-31)17-8-7-11-26-15-17/h2*7-8,10-15,19-21,32H,5-6,9,16H2,1-4H3,(H,28,34)(H,27,29,33)/t19-,20+,21+;19-,20+,21-/m00/s1. The molecule has 6 rings (SSSR count). The Hall–Kier alpha value is -6.62. The summed E-state index contributed by atoms with van der Waals surface area (Å²) in [5.74, 6) is -1.25. The molecule has 6 aromatic heterocycles. The molecule has 0 aliphatic carbocycles. The molecular formula is C50H68N12O8S2. The molecule has 0 aliphatic rings. The van der Waals surface area contributed by atoms with E-state index in [9.17, 15) is 29.4 Å². The summed E-state index contributed by atoms with van der Waals surface area (Å²) >= 11 is 2.49. The van der Waals surface area contributed by atoms with E-state index < -0.39 is 71.3 Å². The van der Waals surface area contributed by atoms with Crippen LogP contribution >= 0.6 is 22.7 Å². The van der Waals surface area contributed by atoms with Gasteiger partial charge in [0, 0.05) is 82.3 Å². The van der Waals surface area contributed by atoms with Crippen molar-refractivity contribution in [3.05, 3.63) is 96.7 Å². The Morgan fingerprint density at radius 1 is 0.625 bits per heavy atom. The van der Waals surface area contributed by atoms with Gasteiger partial charge < -0.3 is 30.3 Å². The number of nitrogens with one attached hydrogen (secondary N) is 4. The monoisotopic (exact) mass is 1030 g/mol. The van der Waals surface area contributed by atoms with Crippen molar-refractivity contribution in [1.82, 2.24) is 50.1 Å². The number of rotatable bonds is 22. The number of aliphatic hydroxyl groups excluding tert-OH is 2. The molecule has 0 radical (unpaired) electrons. The first-order valence-electron chi connectivity index (χ1n) is 23.9. The molecule has 388 valence electrons. The Labute approximate surface area is 428 Å². The molecule has 0 aromatic carbocycles. The van der Waals surface area contributed by atoms with E-state index in [1.807, 2.05) is 104 Å². The highest BCUT2D eigenvalue weighted by atomic mass is 32.1. The Balaban J connectivity index is 0.000000267. The lowest BCUT2D eigenvalue weighted by Gasteiger charge is -2.31. The lowest BCUT2D eigenvalue weighted by Crippen LogP contribution is -2.50. The van der Waals surface area contributed by atoms with Crippen molar-refractivity contribution in [2.75, 3.05) is 10.6 Å². The molecule has 0 aliphatic heterocycles. The minimum absolute atomic E-state index is 0.337. The number of nitrogens with zero attached hydrogens (tertiary/aromatic N) is 8. The Bertz CT molecular complexity index is 2370. The number of pyridine rings is 2. The number of alkyl carbamates (subject to hydrolysis) is 2. The number of carbonyl (C=O) groups excluding carboxylic acids is 4. The van der Waals surface area contributed by atoms with Gasteiger partial charge in [-0.05, 0) is 49.2 Å². The molecule has 0 fully saturated rings. The van der Waals surface area contributed by atoms with Crippen LogP contribution in [0.25, 0.3) is 22.5 Å². The van der Waals surface area contributed by atoms with Gasteiger partial charge >= 0.3 is 12.2 Å². The SMILES string of the molecule is CCCC[C@H](NC(=O)O[C@H](Cn1ccc(-c2cccnc2)n1)C(C)(C)C)[C@@H](O)C(=O)Nc1nccs1.CCCC[C@H](NC(=O)O[C@H](Cn1ccc(-c2cccnc2)n1)C(C)(C)C)[C@H](O)C(=O)Nc1nccs1. The van der Waals surface area contributed by atoms with Crippen molar-refractivity contribution in [2.24, 2.45) is 10.8 Å². The summed E-state index contributed by atoms with van der Waals surface area (Å²) in [6.45, 7) is 16.5. The zero-order valence-electron chi connectivity index (χ0n) is 42.1. The number of hydrogen-bond acceptors (Lipinski definition) is 16. The van der Waals surface area contributed by atoms with Crippen LogP contribution in [-0.4, -0.2) is 110 Å². The van der Waals surface area contributed by atoms with Gasteiger partial charge in [-0.2, -0.15) is 10.2 Å². The zero-order chi connectivity index (χ0) is 52.3. The van der Waals surface area contributed by atoms with Crippen LogP contribution in [0, 0.1) is 10.8 Å². The second-order valence-electron chi connectivity index (χ2n) is 19.2. The highest BCUT2D eigenvalue weighted by Gasteiger charge is 2.35. The van der Waals surface area contributed by atoms with Gasteiger partial charge in [0.1, 0.15) is 12.2 Å². The van der Waals surface area contributed by atoms with Crippen molar-refractivity contribution in [3.8, 4) is 22.5 Å². The van der Waals surface area contributed by atoms with Gasteiger partial charge in [-0.1, -0.05) is 81.1 Å². The summed E-state index contributed by atoms with van der Waals surface area (Å²) in [4.78, 5) is 67.1. The predicted molar refractivity (Wildman–Crippen MR) is 277 cm³/mol. The lowest BCUT2D eigenvalue weighted by molar-refractivity contribution is -0.126. The number of unbranched alkanes of at least 4 members (excludes halogenated alkanes) is 2. The Morgan fingerprint density at radius 2 is 1.03 bits per heavy atom. The van der Waals surface area contributed by atoms with Crippen LogP contribution in [0.15, 0.2) is 96.7 Å². The zero-order valence-corrected chi connectivity index (χ0v) is 43.7. The summed E-state index contributed by atoms with van der Waals surface area (Å²) in [7, 11) is 0. The van der Waals surface area contributed by atoms with E-state index in [0.717, 1.165) is 48.2 Å². The third-order valence-electron chi connectivity index (χ3n) is 11.3. The second-order valence-corrected chi connectivity index (χ2v) is 21.0. The van der Waals surface area contributed by atoms with Gasteiger partial charge in [0.25, 0.3) is 11.8 Å². The van der Waals surface area contributed by atoms with E-state index in [-0.39, 0.29) is 0 Å². The first-order valence-corrected chi connectivity index (χ1v) is 25.7. The number of hydrogen-bond donors (Lipinski definition) is 6. The van der Waals surface area contributed by atoms with Crippen LogP contribution in [0.5, 0.6) is 0 Å². The van der Waals surface area contributed by atoms with Gasteiger partial charge in [0.15, 0.2) is 22.5 Å². The molecule has 0 saturated carbocycles. The number of ether oxygens (including phenoxy) is 2. The molecule has 0 spiro atoms. The number of amides is 4. The first kappa shape index (κ1) is 56.3. The minimum atomic E-state index is -1.45. The average Bonchev–Trinajstić information content (AvgIpc) is 4.22. The third kappa shape index (κ3) is 17.9. The Kier molecular flexibility index (Phi) is 21.3. The number of anilines is 2. The molecule has 4 amide bonds. The number of aliphatic hydroxyl groups is 2. The smallest absolute Gasteiger partial charge is 0.407 e. The fourth-order valence-corrected chi connectivity index (χ4v) is 8.03. The molecule has 0 saturated heterocycles. The molecule has 22 heteroatoms. The molecule has 6 N–H and O–H groups in total. The highest BCUT2D eigenvalue weighted by Crippen LogP contribution is 2.27.